The molecule has 8 atom stereocenters. The van der Waals surface area contributed by atoms with Crippen LogP contribution in [0.4, 0.5) is 0 Å². The highest BCUT2D eigenvalue weighted by molar-refractivity contribution is 5.96. The van der Waals surface area contributed by atoms with Gasteiger partial charge in [0.05, 0.1) is 11.8 Å². The first kappa shape index (κ1) is 26.4. The number of aliphatic hydroxyl groups is 2. The van der Waals surface area contributed by atoms with Gasteiger partial charge >= 0.3 is 5.97 Å². The van der Waals surface area contributed by atoms with E-state index in [9.17, 15) is 29.7 Å². The minimum absolute atomic E-state index is 0.00938. The summed E-state index contributed by atoms with van der Waals surface area (Å²) < 4.78 is 0. The zero-order valence-electron chi connectivity index (χ0n) is 22.1. The van der Waals surface area contributed by atoms with E-state index in [0.29, 0.717) is 24.2 Å². The first-order valence-corrected chi connectivity index (χ1v) is 13.7. The summed E-state index contributed by atoms with van der Waals surface area (Å²) >= 11 is 0. The molecule has 1 aliphatic heterocycles. The lowest BCUT2D eigenvalue weighted by Gasteiger charge is -2.59. The lowest BCUT2D eigenvalue weighted by molar-refractivity contribution is -0.159. The van der Waals surface area contributed by atoms with Gasteiger partial charge in [-0.1, -0.05) is 24.6 Å². The third-order valence-electron chi connectivity index (χ3n) is 11.0. The van der Waals surface area contributed by atoms with Crippen LogP contribution in [-0.4, -0.2) is 74.5 Å². The van der Waals surface area contributed by atoms with E-state index in [2.05, 4.69) is 25.1 Å². The van der Waals surface area contributed by atoms with Crippen molar-refractivity contribution in [3.8, 4) is 0 Å². The fraction of sp³-hybridized carbons (Fsp3) is 0.786. The molecule has 1 saturated heterocycles. The number of oxime groups is 1. The Kier molecular flexibility index (Phi) is 6.54. The van der Waals surface area contributed by atoms with Crippen molar-refractivity contribution in [2.75, 3.05) is 13.2 Å². The number of carboxylic acids is 1. The average Bonchev–Trinajstić information content (AvgIpc) is 3.37. The van der Waals surface area contributed by atoms with Gasteiger partial charge in [-0.3, -0.25) is 9.59 Å². The van der Waals surface area contributed by atoms with Gasteiger partial charge in [-0.05, 0) is 87.5 Å². The van der Waals surface area contributed by atoms with E-state index in [1.165, 1.54) is 5.57 Å². The highest BCUT2D eigenvalue weighted by atomic mass is 16.6. The van der Waals surface area contributed by atoms with Gasteiger partial charge in [-0.2, -0.15) is 0 Å². The molecule has 1 heterocycles. The fourth-order valence-corrected chi connectivity index (χ4v) is 8.81. The first-order valence-electron chi connectivity index (χ1n) is 13.7. The molecule has 37 heavy (non-hydrogen) atoms. The van der Waals surface area contributed by atoms with Gasteiger partial charge in [0.15, 0.2) is 12.4 Å². The highest BCUT2D eigenvalue weighted by Crippen LogP contribution is 2.67. The van der Waals surface area contributed by atoms with Gasteiger partial charge in [-0.15, -0.1) is 0 Å². The summed E-state index contributed by atoms with van der Waals surface area (Å²) in [5.41, 5.74) is 0.673. The van der Waals surface area contributed by atoms with Crippen LogP contribution in [0.1, 0.15) is 78.6 Å². The Morgan fingerprint density at radius 2 is 1.84 bits per heavy atom. The number of carbonyl (C=O) groups excluding carboxylic acids is 2. The third kappa shape index (κ3) is 4.04. The molecule has 8 unspecified atom stereocenters. The monoisotopic (exact) mass is 516 g/mol. The molecule has 0 aromatic rings. The molecular formula is C28H40N2O7. The molecule has 4 aliphatic carbocycles. The Morgan fingerprint density at radius 3 is 2.54 bits per heavy atom. The molecule has 0 spiro atoms. The molecule has 0 aromatic carbocycles. The van der Waals surface area contributed by atoms with Crippen LogP contribution in [0, 0.1) is 28.6 Å². The number of amides is 1. The van der Waals surface area contributed by atoms with Crippen molar-refractivity contribution in [1.29, 1.82) is 0 Å². The van der Waals surface area contributed by atoms with Gasteiger partial charge in [0.2, 0.25) is 0 Å². The van der Waals surface area contributed by atoms with Crippen LogP contribution in [0.5, 0.6) is 0 Å². The van der Waals surface area contributed by atoms with E-state index in [-0.39, 0.29) is 36.2 Å². The molecule has 3 N–H and O–H groups in total. The minimum atomic E-state index is -1.20. The number of fused-ring (bicyclic) bond motifs is 5. The Labute approximate surface area is 217 Å². The van der Waals surface area contributed by atoms with E-state index in [1.54, 1.807) is 6.92 Å². The Morgan fingerprint density at radius 1 is 1.11 bits per heavy atom. The summed E-state index contributed by atoms with van der Waals surface area (Å²) in [5.74, 6) is -0.334. The van der Waals surface area contributed by atoms with Crippen molar-refractivity contribution in [2.45, 2.75) is 96.3 Å². The van der Waals surface area contributed by atoms with Crippen LogP contribution in [0.25, 0.3) is 0 Å². The summed E-state index contributed by atoms with van der Waals surface area (Å²) in [4.78, 5) is 42.8. The number of nitrogens with zero attached hydrogens (tertiary/aromatic N) is 2. The normalized spacial score (nSPS) is 44.0. The summed E-state index contributed by atoms with van der Waals surface area (Å²) in [6, 6.07) is -1.03. The minimum Gasteiger partial charge on any atom is -0.480 e. The SMILES string of the molecule is CC(=O)C1(O)CCC2C3CCC4=CC(=NOCC(=O)N5CC(O)CC5C(=O)O)CCC4(C)C3CCC21C. The van der Waals surface area contributed by atoms with Crippen molar-refractivity contribution in [2.24, 2.45) is 33.7 Å². The van der Waals surface area contributed by atoms with E-state index < -0.39 is 29.6 Å². The number of hydrogen-bond acceptors (Lipinski definition) is 7. The van der Waals surface area contributed by atoms with Crippen LogP contribution in [0.3, 0.4) is 0 Å². The second-order valence-electron chi connectivity index (χ2n) is 12.6. The smallest absolute Gasteiger partial charge is 0.326 e. The van der Waals surface area contributed by atoms with Gasteiger partial charge in [0.1, 0.15) is 11.6 Å². The summed E-state index contributed by atoms with van der Waals surface area (Å²) in [7, 11) is 0. The molecule has 4 fully saturated rings. The van der Waals surface area contributed by atoms with Crippen molar-refractivity contribution < 1.29 is 34.5 Å². The maximum atomic E-state index is 12.5. The molecule has 0 bridgehead atoms. The maximum absolute atomic E-state index is 12.5. The molecule has 0 radical (unpaired) electrons. The number of Topliss-reactive ketones (excluding diaryl/α,β-unsaturated/α-hetero) is 1. The first-order chi connectivity index (χ1) is 17.4. The number of carbonyl (C=O) groups is 3. The third-order valence-corrected chi connectivity index (χ3v) is 11.0. The largest absolute Gasteiger partial charge is 0.480 e. The number of ketones is 1. The Bertz CT molecular complexity index is 1060. The van der Waals surface area contributed by atoms with Crippen molar-refractivity contribution in [1.82, 2.24) is 4.90 Å². The molecule has 0 aromatic heterocycles. The zero-order valence-corrected chi connectivity index (χ0v) is 22.1. The standard InChI is InChI=1S/C28H40N2O7/c1-16(31)28(36)11-8-22-20-5-4-17-12-18(6-9-26(17,2)21(20)7-10-27(22,28)3)29-37-15-24(33)30-14-19(32)13-23(30)25(34)35/h12,19-23,32,36H,4-11,13-15H2,1-3H3,(H,34,35). The molecule has 204 valence electrons. The van der Waals surface area contributed by atoms with E-state index in [0.717, 1.165) is 55.6 Å². The van der Waals surface area contributed by atoms with Crippen LogP contribution in [-0.2, 0) is 19.2 Å². The van der Waals surface area contributed by atoms with Crippen LogP contribution < -0.4 is 0 Å². The number of likely N-dealkylation sites (tertiary alicyclic amines) is 1. The molecule has 5 rings (SSSR count). The van der Waals surface area contributed by atoms with Gasteiger partial charge < -0.3 is 25.1 Å². The molecule has 9 heteroatoms. The Balaban J connectivity index is 1.26. The predicted octanol–water partition coefficient (Wildman–Crippen LogP) is 2.69. The molecule has 5 aliphatic rings. The molecule has 3 saturated carbocycles. The number of aliphatic hydroxyl groups excluding tert-OH is 1. The lowest BCUT2D eigenvalue weighted by atomic mass is 9.46. The second kappa shape index (κ2) is 9.19. The lowest BCUT2D eigenvalue weighted by Crippen LogP contribution is -2.57. The predicted molar refractivity (Wildman–Crippen MR) is 134 cm³/mol. The zero-order chi connectivity index (χ0) is 26.8. The molecular weight excluding hydrogens is 476 g/mol. The van der Waals surface area contributed by atoms with Gasteiger partial charge in [0.25, 0.3) is 5.91 Å². The Hall–Kier alpha value is -2.26. The topological polar surface area (TPSA) is 137 Å². The number of hydrogen-bond donors (Lipinski definition) is 3. The second-order valence-corrected chi connectivity index (χ2v) is 12.6. The van der Waals surface area contributed by atoms with Gasteiger partial charge in [-0.25, -0.2) is 4.79 Å². The number of aliphatic carboxylic acids is 1. The summed E-state index contributed by atoms with van der Waals surface area (Å²) in [6.45, 7) is 5.67. The maximum Gasteiger partial charge on any atom is 0.326 e. The van der Waals surface area contributed by atoms with E-state index in [1.807, 2.05) is 0 Å². The van der Waals surface area contributed by atoms with Crippen LogP contribution in [0.15, 0.2) is 16.8 Å². The molecule has 1 amide bonds. The van der Waals surface area contributed by atoms with Crippen molar-refractivity contribution >= 4 is 23.4 Å². The highest BCUT2D eigenvalue weighted by Gasteiger charge is 2.65. The van der Waals surface area contributed by atoms with Crippen LogP contribution in [0.2, 0.25) is 0 Å². The summed E-state index contributed by atoms with van der Waals surface area (Å²) in [5, 5.41) is 34.6. The molecule has 9 nitrogen and oxygen atoms in total. The van der Waals surface area contributed by atoms with Crippen LogP contribution >= 0.6 is 0 Å². The van der Waals surface area contributed by atoms with Crippen molar-refractivity contribution in [3.05, 3.63) is 11.6 Å². The number of carboxylic acid groups (broad SMARTS) is 1. The summed E-state index contributed by atoms with van der Waals surface area (Å²) in [6.07, 6.45) is 8.33. The van der Waals surface area contributed by atoms with Gasteiger partial charge in [0, 0.05) is 18.4 Å². The average molecular weight is 517 g/mol. The van der Waals surface area contributed by atoms with E-state index in [4.69, 9.17) is 4.84 Å². The number of β-amino-alcohol motifs (C(OH)–C–C–N with tert-alkyl or cyclic N) is 1. The fourth-order valence-electron chi connectivity index (χ4n) is 8.81. The number of allylic oxidation sites excluding steroid dienone is 2. The van der Waals surface area contributed by atoms with E-state index >= 15 is 0 Å². The quantitative estimate of drug-likeness (QED) is 0.478. The van der Waals surface area contributed by atoms with Crippen molar-refractivity contribution in [3.63, 3.8) is 0 Å². The number of rotatable bonds is 5.